The molecule has 1 aliphatic heterocycles. The highest BCUT2D eigenvalue weighted by atomic mass is 16.6. The highest BCUT2D eigenvalue weighted by Crippen LogP contribution is 2.40. The van der Waals surface area contributed by atoms with Crippen molar-refractivity contribution in [3.8, 4) is 0 Å². The molecule has 1 amide bonds. The van der Waals surface area contributed by atoms with Gasteiger partial charge in [0.05, 0.1) is 16.5 Å². The van der Waals surface area contributed by atoms with Gasteiger partial charge < -0.3 is 10.0 Å². The van der Waals surface area contributed by atoms with Gasteiger partial charge in [-0.05, 0) is 24.5 Å². The monoisotopic (exact) mass is 442 g/mol. The summed E-state index contributed by atoms with van der Waals surface area (Å²) in [5, 5.41) is 22.4. The van der Waals surface area contributed by atoms with Crippen LogP contribution in [-0.4, -0.2) is 33.2 Å². The van der Waals surface area contributed by atoms with Crippen LogP contribution in [0.4, 0.5) is 5.69 Å². The number of aliphatic hydroxyl groups is 1. The van der Waals surface area contributed by atoms with Crippen LogP contribution in [0.5, 0.6) is 0 Å². The Morgan fingerprint density at radius 3 is 2.36 bits per heavy atom. The maximum Gasteiger partial charge on any atom is 0.295 e. The topological polar surface area (TPSA) is 101 Å². The molecule has 0 bridgehead atoms. The van der Waals surface area contributed by atoms with Crippen molar-refractivity contribution in [1.82, 2.24) is 4.90 Å². The van der Waals surface area contributed by atoms with E-state index in [2.05, 4.69) is 0 Å². The summed E-state index contributed by atoms with van der Waals surface area (Å²) in [6.45, 7) is 2.11. The van der Waals surface area contributed by atoms with Gasteiger partial charge in [-0.25, -0.2) is 0 Å². The molecule has 4 rings (SSSR count). The molecular weight excluding hydrogens is 420 g/mol. The first-order valence-corrected chi connectivity index (χ1v) is 10.5. The number of likely N-dealkylation sites (tertiary alicyclic amines) is 1. The second kappa shape index (κ2) is 9.08. The predicted molar refractivity (Wildman–Crippen MR) is 123 cm³/mol. The minimum atomic E-state index is -0.935. The van der Waals surface area contributed by atoms with E-state index in [4.69, 9.17) is 0 Å². The number of aryl methyl sites for hydroxylation is 1. The van der Waals surface area contributed by atoms with Gasteiger partial charge in [-0.15, -0.1) is 0 Å². The first kappa shape index (κ1) is 22.0. The van der Waals surface area contributed by atoms with E-state index < -0.39 is 22.7 Å². The number of nitro benzene ring substituents is 1. The lowest BCUT2D eigenvalue weighted by molar-refractivity contribution is -0.384. The van der Waals surface area contributed by atoms with Gasteiger partial charge in [-0.2, -0.15) is 0 Å². The molecule has 0 spiro atoms. The van der Waals surface area contributed by atoms with Crippen LogP contribution in [0.3, 0.4) is 0 Å². The van der Waals surface area contributed by atoms with Crippen LogP contribution in [0.1, 0.15) is 28.3 Å². The molecule has 1 saturated heterocycles. The summed E-state index contributed by atoms with van der Waals surface area (Å²) >= 11 is 0. The van der Waals surface area contributed by atoms with Gasteiger partial charge in [-0.1, -0.05) is 72.3 Å². The van der Waals surface area contributed by atoms with E-state index in [0.717, 1.165) is 11.1 Å². The lowest BCUT2D eigenvalue weighted by atomic mass is 9.94. The van der Waals surface area contributed by atoms with Crippen LogP contribution in [-0.2, 0) is 16.0 Å². The molecule has 3 aromatic rings. The molecule has 7 nitrogen and oxygen atoms in total. The minimum Gasteiger partial charge on any atom is -0.507 e. The number of hydrogen-bond donors (Lipinski definition) is 1. The van der Waals surface area contributed by atoms with Crippen LogP contribution < -0.4 is 0 Å². The fourth-order valence-corrected chi connectivity index (χ4v) is 4.03. The van der Waals surface area contributed by atoms with Crippen molar-refractivity contribution in [2.24, 2.45) is 0 Å². The molecule has 0 aliphatic carbocycles. The quantitative estimate of drug-likeness (QED) is 0.198. The molecule has 1 N–H and O–H groups in total. The van der Waals surface area contributed by atoms with Crippen LogP contribution >= 0.6 is 0 Å². The van der Waals surface area contributed by atoms with Crippen LogP contribution in [0.15, 0.2) is 84.4 Å². The number of non-ortho nitro benzene ring substituents is 1. The number of carbonyl (C=O) groups excluding carboxylic acids is 2. The van der Waals surface area contributed by atoms with E-state index in [1.807, 2.05) is 37.3 Å². The third-order valence-electron chi connectivity index (χ3n) is 5.75. The van der Waals surface area contributed by atoms with E-state index in [0.29, 0.717) is 17.5 Å². The fraction of sp³-hybridized carbons (Fsp3) is 0.154. The SMILES string of the molecule is Cc1ccc(/C(O)=C2\C(=O)C(=O)N(CCc3ccccc3)C2c2cccc([N+](=O)[O-])c2)cc1. The zero-order valence-electron chi connectivity index (χ0n) is 18.0. The van der Waals surface area contributed by atoms with Crippen molar-refractivity contribution < 1.29 is 19.6 Å². The molecule has 1 atom stereocenters. The molecule has 1 heterocycles. The Labute approximate surface area is 190 Å². The predicted octanol–water partition coefficient (Wildman–Crippen LogP) is 4.57. The molecule has 0 aromatic heterocycles. The number of aliphatic hydroxyl groups excluding tert-OH is 1. The molecule has 1 aliphatic rings. The zero-order valence-corrected chi connectivity index (χ0v) is 18.0. The Kier molecular flexibility index (Phi) is 6.04. The third-order valence-corrected chi connectivity index (χ3v) is 5.75. The molecule has 1 fully saturated rings. The molecule has 7 heteroatoms. The molecule has 1 unspecified atom stereocenters. The van der Waals surface area contributed by atoms with Gasteiger partial charge in [0.1, 0.15) is 5.76 Å². The Bertz CT molecular complexity index is 1250. The Morgan fingerprint density at radius 1 is 1.00 bits per heavy atom. The van der Waals surface area contributed by atoms with E-state index in [-0.39, 0.29) is 23.6 Å². The number of benzene rings is 3. The Morgan fingerprint density at radius 2 is 1.70 bits per heavy atom. The smallest absolute Gasteiger partial charge is 0.295 e. The molecular formula is C26H22N2O5. The van der Waals surface area contributed by atoms with Gasteiger partial charge in [0.25, 0.3) is 17.4 Å². The number of nitrogens with zero attached hydrogens (tertiary/aromatic N) is 2. The summed E-state index contributed by atoms with van der Waals surface area (Å²) in [6, 6.07) is 21.3. The normalized spacial score (nSPS) is 17.4. The number of nitro groups is 1. The summed E-state index contributed by atoms with van der Waals surface area (Å²) < 4.78 is 0. The van der Waals surface area contributed by atoms with Crippen LogP contribution in [0.2, 0.25) is 0 Å². The van der Waals surface area contributed by atoms with Gasteiger partial charge in [0.2, 0.25) is 0 Å². The highest BCUT2D eigenvalue weighted by molar-refractivity contribution is 6.46. The lowest BCUT2D eigenvalue weighted by Gasteiger charge is -2.25. The Balaban J connectivity index is 1.82. The summed E-state index contributed by atoms with van der Waals surface area (Å²) in [5.41, 5.74) is 2.52. The fourth-order valence-electron chi connectivity index (χ4n) is 4.03. The Hall–Kier alpha value is -4.26. The molecule has 0 saturated carbocycles. The van der Waals surface area contributed by atoms with E-state index in [9.17, 15) is 24.8 Å². The van der Waals surface area contributed by atoms with E-state index in [1.165, 1.54) is 23.1 Å². The second-order valence-electron chi connectivity index (χ2n) is 7.95. The first-order chi connectivity index (χ1) is 15.9. The zero-order chi connectivity index (χ0) is 23.5. The maximum atomic E-state index is 13.1. The van der Waals surface area contributed by atoms with Crippen molar-refractivity contribution in [3.05, 3.63) is 117 Å². The highest BCUT2D eigenvalue weighted by Gasteiger charge is 2.46. The number of amides is 1. The van der Waals surface area contributed by atoms with Crippen molar-refractivity contribution >= 4 is 23.1 Å². The average molecular weight is 442 g/mol. The molecule has 166 valence electrons. The summed E-state index contributed by atoms with van der Waals surface area (Å²) in [7, 11) is 0. The van der Waals surface area contributed by atoms with E-state index >= 15 is 0 Å². The summed E-state index contributed by atoms with van der Waals surface area (Å²) in [5.74, 6) is -1.85. The minimum absolute atomic E-state index is 0.0718. The standard InChI is InChI=1S/C26H22N2O5/c1-17-10-12-19(13-11-17)24(29)22-23(20-8-5-9-21(16-20)28(32)33)27(26(31)25(22)30)15-14-18-6-3-2-4-7-18/h2-13,16,23,29H,14-15H2,1H3/b24-22+. The van der Waals surface area contributed by atoms with E-state index in [1.54, 1.807) is 30.3 Å². The van der Waals surface area contributed by atoms with Crippen molar-refractivity contribution in [2.45, 2.75) is 19.4 Å². The number of rotatable bonds is 6. The number of ketones is 1. The summed E-state index contributed by atoms with van der Waals surface area (Å²) in [6.07, 6.45) is 0.490. The van der Waals surface area contributed by atoms with Crippen molar-refractivity contribution in [1.29, 1.82) is 0 Å². The van der Waals surface area contributed by atoms with Crippen LogP contribution in [0, 0.1) is 17.0 Å². The maximum absolute atomic E-state index is 13.1. The number of Topliss-reactive ketones (excluding diaryl/α,β-unsaturated/α-hetero) is 1. The van der Waals surface area contributed by atoms with Gasteiger partial charge in [-0.3, -0.25) is 19.7 Å². The van der Waals surface area contributed by atoms with Gasteiger partial charge in [0.15, 0.2) is 0 Å². The average Bonchev–Trinajstić information content (AvgIpc) is 3.08. The largest absolute Gasteiger partial charge is 0.507 e. The van der Waals surface area contributed by atoms with Gasteiger partial charge >= 0.3 is 0 Å². The molecule has 0 radical (unpaired) electrons. The van der Waals surface area contributed by atoms with Crippen molar-refractivity contribution in [3.63, 3.8) is 0 Å². The first-order valence-electron chi connectivity index (χ1n) is 10.5. The second-order valence-corrected chi connectivity index (χ2v) is 7.95. The van der Waals surface area contributed by atoms with Crippen molar-refractivity contribution in [2.75, 3.05) is 6.54 Å². The molecule has 33 heavy (non-hydrogen) atoms. The molecule has 3 aromatic carbocycles. The van der Waals surface area contributed by atoms with Gasteiger partial charge in [0, 0.05) is 24.2 Å². The summed E-state index contributed by atoms with van der Waals surface area (Å²) in [4.78, 5) is 38.3. The lowest BCUT2D eigenvalue weighted by Crippen LogP contribution is -2.31. The third kappa shape index (κ3) is 4.39. The van der Waals surface area contributed by atoms with Crippen LogP contribution in [0.25, 0.3) is 5.76 Å². The number of hydrogen-bond acceptors (Lipinski definition) is 5. The number of carbonyl (C=O) groups is 2.